The summed E-state index contributed by atoms with van der Waals surface area (Å²) in [5.74, 6) is 0.992. The standard InChI is InChI=1S/C19H23NO4/c1-4-16(21)19(22)20-18(13-9-11-14(23-2)12-10-13)15-7-5-6-8-17(15)24-3/h5-12,16,18,21H,4H2,1-3H3,(H,20,22)/t16-,18-/m0/s1. The van der Waals surface area contributed by atoms with Crippen molar-refractivity contribution in [3.63, 3.8) is 0 Å². The number of aliphatic hydroxyl groups excluding tert-OH is 1. The van der Waals surface area contributed by atoms with Crippen LogP contribution < -0.4 is 14.8 Å². The summed E-state index contributed by atoms with van der Waals surface area (Å²) >= 11 is 0. The lowest BCUT2D eigenvalue weighted by Crippen LogP contribution is -2.37. The zero-order valence-corrected chi connectivity index (χ0v) is 14.2. The first kappa shape index (κ1) is 17.8. The monoisotopic (exact) mass is 329 g/mol. The van der Waals surface area contributed by atoms with E-state index in [2.05, 4.69) is 5.32 Å². The maximum Gasteiger partial charge on any atom is 0.249 e. The van der Waals surface area contributed by atoms with Crippen LogP contribution in [0.3, 0.4) is 0 Å². The van der Waals surface area contributed by atoms with E-state index in [9.17, 15) is 9.90 Å². The van der Waals surface area contributed by atoms with Crippen molar-refractivity contribution in [3.8, 4) is 11.5 Å². The highest BCUT2D eigenvalue weighted by atomic mass is 16.5. The molecule has 0 heterocycles. The molecule has 5 heteroatoms. The van der Waals surface area contributed by atoms with Gasteiger partial charge in [-0.25, -0.2) is 0 Å². The van der Waals surface area contributed by atoms with Crippen LogP contribution in [-0.4, -0.2) is 31.3 Å². The van der Waals surface area contributed by atoms with E-state index in [1.54, 1.807) is 21.1 Å². The zero-order valence-electron chi connectivity index (χ0n) is 14.2. The fourth-order valence-corrected chi connectivity index (χ4v) is 2.47. The van der Waals surface area contributed by atoms with Gasteiger partial charge in [-0.3, -0.25) is 4.79 Å². The van der Waals surface area contributed by atoms with Crippen LogP contribution in [0.1, 0.15) is 30.5 Å². The molecule has 0 radical (unpaired) electrons. The summed E-state index contributed by atoms with van der Waals surface area (Å²) in [5, 5.41) is 12.7. The second-order valence-electron chi connectivity index (χ2n) is 5.38. The number of methoxy groups -OCH3 is 2. The summed E-state index contributed by atoms with van der Waals surface area (Å²) in [6.45, 7) is 1.76. The molecule has 0 fully saturated rings. The highest BCUT2D eigenvalue weighted by Gasteiger charge is 2.23. The minimum Gasteiger partial charge on any atom is -0.497 e. The maximum absolute atomic E-state index is 12.2. The fourth-order valence-electron chi connectivity index (χ4n) is 2.47. The summed E-state index contributed by atoms with van der Waals surface area (Å²) < 4.78 is 10.6. The Hall–Kier alpha value is -2.53. The smallest absolute Gasteiger partial charge is 0.249 e. The number of aliphatic hydroxyl groups is 1. The number of benzene rings is 2. The molecular weight excluding hydrogens is 306 g/mol. The van der Waals surface area contributed by atoms with E-state index in [4.69, 9.17) is 9.47 Å². The Morgan fingerprint density at radius 3 is 2.33 bits per heavy atom. The average molecular weight is 329 g/mol. The number of carbonyl (C=O) groups is 1. The third-order valence-corrected chi connectivity index (χ3v) is 3.88. The van der Waals surface area contributed by atoms with E-state index < -0.39 is 18.1 Å². The van der Waals surface area contributed by atoms with Crippen molar-refractivity contribution in [2.75, 3.05) is 14.2 Å². The van der Waals surface area contributed by atoms with E-state index in [1.165, 1.54) is 0 Å². The predicted octanol–water partition coefficient (Wildman–Crippen LogP) is 2.68. The molecule has 0 aliphatic heterocycles. The Morgan fingerprint density at radius 2 is 1.75 bits per heavy atom. The highest BCUT2D eigenvalue weighted by Crippen LogP contribution is 2.31. The summed E-state index contributed by atoms with van der Waals surface area (Å²) in [4.78, 5) is 12.2. The number of ether oxygens (including phenoxy) is 2. The molecule has 0 bridgehead atoms. The average Bonchev–Trinajstić information content (AvgIpc) is 2.65. The molecule has 2 aromatic rings. The van der Waals surface area contributed by atoms with Gasteiger partial charge in [-0.15, -0.1) is 0 Å². The summed E-state index contributed by atoms with van der Waals surface area (Å²) in [6, 6.07) is 14.5. The van der Waals surface area contributed by atoms with Crippen molar-refractivity contribution >= 4 is 5.91 Å². The minimum absolute atomic E-state index is 0.354. The first-order chi connectivity index (χ1) is 11.6. The second kappa shape index (κ2) is 8.36. The molecule has 2 N–H and O–H groups in total. The molecule has 0 saturated heterocycles. The number of hydrogen-bond acceptors (Lipinski definition) is 4. The predicted molar refractivity (Wildman–Crippen MR) is 92.3 cm³/mol. The Bertz CT molecular complexity index is 669. The number of amides is 1. The summed E-state index contributed by atoms with van der Waals surface area (Å²) in [5.41, 5.74) is 1.69. The molecule has 0 saturated carbocycles. The molecule has 2 rings (SSSR count). The molecule has 2 aromatic carbocycles. The molecule has 0 aliphatic carbocycles. The van der Waals surface area contributed by atoms with Crippen LogP contribution in [0, 0.1) is 0 Å². The van der Waals surface area contributed by atoms with Gasteiger partial charge in [0.2, 0.25) is 5.91 Å². The SMILES string of the molecule is CC[C@H](O)C(=O)N[C@@H](c1ccc(OC)cc1)c1ccccc1OC. The van der Waals surface area contributed by atoms with Crippen LogP contribution in [-0.2, 0) is 4.79 Å². The van der Waals surface area contributed by atoms with Gasteiger partial charge in [0.25, 0.3) is 0 Å². The Kier molecular flexibility index (Phi) is 6.21. The molecule has 0 unspecified atom stereocenters. The van der Waals surface area contributed by atoms with Crippen LogP contribution in [0.5, 0.6) is 11.5 Å². The van der Waals surface area contributed by atoms with Crippen molar-refractivity contribution < 1.29 is 19.4 Å². The molecule has 5 nitrogen and oxygen atoms in total. The summed E-state index contributed by atoms with van der Waals surface area (Å²) in [7, 11) is 3.19. The molecule has 128 valence electrons. The van der Waals surface area contributed by atoms with Crippen LogP contribution in [0.4, 0.5) is 0 Å². The zero-order chi connectivity index (χ0) is 17.5. The maximum atomic E-state index is 12.2. The van der Waals surface area contributed by atoms with Gasteiger partial charge in [-0.2, -0.15) is 0 Å². The largest absolute Gasteiger partial charge is 0.497 e. The van der Waals surface area contributed by atoms with Gasteiger partial charge < -0.3 is 19.9 Å². The molecule has 1 amide bonds. The van der Waals surface area contributed by atoms with Gasteiger partial charge in [0, 0.05) is 5.56 Å². The number of nitrogens with one attached hydrogen (secondary N) is 1. The topological polar surface area (TPSA) is 67.8 Å². The first-order valence-electron chi connectivity index (χ1n) is 7.86. The van der Waals surface area contributed by atoms with E-state index in [0.717, 1.165) is 16.9 Å². The van der Waals surface area contributed by atoms with Gasteiger partial charge in [0.15, 0.2) is 0 Å². The van der Waals surface area contributed by atoms with Crippen LogP contribution in [0.2, 0.25) is 0 Å². The second-order valence-corrected chi connectivity index (χ2v) is 5.38. The first-order valence-corrected chi connectivity index (χ1v) is 7.86. The number of rotatable bonds is 7. The van der Waals surface area contributed by atoms with Gasteiger partial charge in [0.1, 0.15) is 17.6 Å². The van der Waals surface area contributed by atoms with E-state index in [0.29, 0.717) is 12.2 Å². The molecule has 2 atom stereocenters. The van der Waals surface area contributed by atoms with Gasteiger partial charge in [-0.1, -0.05) is 37.3 Å². The van der Waals surface area contributed by atoms with Crippen molar-refractivity contribution in [2.45, 2.75) is 25.5 Å². The van der Waals surface area contributed by atoms with Gasteiger partial charge in [-0.05, 0) is 30.2 Å². The van der Waals surface area contributed by atoms with Gasteiger partial charge in [0.05, 0.1) is 20.3 Å². The molecule has 0 spiro atoms. The molecule has 24 heavy (non-hydrogen) atoms. The molecular formula is C19H23NO4. The van der Waals surface area contributed by atoms with Gasteiger partial charge >= 0.3 is 0 Å². The molecule has 0 aliphatic rings. The van der Waals surface area contributed by atoms with E-state index in [-0.39, 0.29) is 0 Å². The number of hydrogen-bond donors (Lipinski definition) is 2. The Balaban J connectivity index is 2.42. The Morgan fingerprint density at radius 1 is 1.08 bits per heavy atom. The van der Waals surface area contributed by atoms with Crippen molar-refractivity contribution in [3.05, 3.63) is 59.7 Å². The summed E-state index contributed by atoms with van der Waals surface area (Å²) in [6.07, 6.45) is -0.687. The van der Waals surface area contributed by atoms with Crippen LogP contribution >= 0.6 is 0 Å². The van der Waals surface area contributed by atoms with Crippen molar-refractivity contribution in [2.24, 2.45) is 0 Å². The Labute approximate surface area is 142 Å². The van der Waals surface area contributed by atoms with Crippen LogP contribution in [0.25, 0.3) is 0 Å². The highest BCUT2D eigenvalue weighted by molar-refractivity contribution is 5.81. The number of carbonyl (C=O) groups excluding carboxylic acids is 1. The normalized spacial score (nSPS) is 13.0. The van der Waals surface area contributed by atoms with Crippen molar-refractivity contribution in [1.29, 1.82) is 0 Å². The number of para-hydroxylation sites is 1. The third-order valence-electron chi connectivity index (χ3n) is 3.88. The lowest BCUT2D eigenvalue weighted by molar-refractivity contribution is -0.129. The van der Waals surface area contributed by atoms with E-state index >= 15 is 0 Å². The van der Waals surface area contributed by atoms with Crippen LogP contribution in [0.15, 0.2) is 48.5 Å². The van der Waals surface area contributed by atoms with Crippen molar-refractivity contribution in [1.82, 2.24) is 5.32 Å². The van der Waals surface area contributed by atoms with E-state index in [1.807, 2.05) is 48.5 Å². The minimum atomic E-state index is -1.04. The lowest BCUT2D eigenvalue weighted by Gasteiger charge is -2.23. The molecule has 0 aromatic heterocycles. The third kappa shape index (κ3) is 4.06. The fraction of sp³-hybridized carbons (Fsp3) is 0.316. The quantitative estimate of drug-likeness (QED) is 0.819. The lowest BCUT2D eigenvalue weighted by atomic mass is 9.97.